The van der Waals surface area contributed by atoms with Gasteiger partial charge in [0.15, 0.2) is 12.4 Å². The van der Waals surface area contributed by atoms with Crippen LogP contribution >= 0.6 is 0 Å². The Hall–Kier alpha value is -3.79. The zero-order valence-electron chi connectivity index (χ0n) is 57.4. The predicted molar refractivity (Wildman–Crippen MR) is 371 cm³/mol. The summed E-state index contributed by atoms with van der Waals surface area (Å²) in [6.45, 7) is 4.65. The van der Waals surface area contributed by atoms with Crippen molar-refractivity contribution in [3.05, 3.63) is 97.2 Å². The lowest BCUT2D eigenvalue weighted by Gasteiger charge is -2.26. The molecular formula is C78H137NO8. The molecule has 0 N–H and O–H groups in total. The number of likely N-dealkylation sites (N-methyl/N-ethyl adjacent to an activating group) is 1. The summed E-state index contributed by atoms with van der Waals surface area (Å²) in [4.78, 5) is 37.5. The highest BCUT2D eigenvalue weighted by Crippen LogP contribution is 2.18. The van der Waals surface area contributed by atoms with Crippen LogP contribution in [-0.2, 0) is 33.3 Å². The van der Waals surface area contributed by atoms with Gasteiger partial charge in [0.2, 0.25) is 0 Å². The Bertz CT molecular complexity index is 1750. The molecule has 502 valence electrons. The maximum absolute atomic E-state index is 12.9. The lowest BCUT2D eigenvalue weighted by molar-refractivity contribution is -0.870. The van der Waals surface area contributed by atoms with Crippen molar-refractivity contribution in [3.63, 3.8) is 0 Å². The third kappa shape index (κ3) is 69.5. The van der Waals surface area contributed by atoms with Crippen LogP contribution < -0.4 is 5.11 Å². The number of hydrogen-bond acceptors (Lipinski definition) is 8. The van der Waals surface area contributed by atoms with Gasteiger partial charge < -0.3 is 33.3 Å². The third-order valence-electron chi connectivity index (χ3n) is 15.8. The number of esters is 2. The summed E-state index contributed by atoms with van der Waals surface area (Å²) >= 11 is 0. The van der Waals surface area contributed by atoms with Gasteiger partial charge in [0.05, 0.1) is 40.3 Å². The topological polar surface area (TPSA) is 111 Å². The van der Waals surface area contributed by atoms with Crippen LogP contribution in [0.15, 0.2) is 97.2 Å². The molecular weight excluding hydrogens is 1080 g/mol. The molecule has 0 fully saturated rings. The van der Waals surface area contributed by atoms with E-state index in [-0.39, 0.29) is 32.2 Å². The molecule has 0 amide bonds. The number of hydrogen-bond donors (Lipinski definition) is 0. The molecule has 0 rings (SSSR count). The molecule has 0 aromatic rings. The first-order valence-electron chi connectivity index (χ1n) is 36.4. The molecule has 0 radical (unpaired) electrons. The summed E-state index contributed by atoms with van der Waals surface area (Å²) in [5.41, 5.74) is 0. The summed E-state index contributed by atoms with van der Waals surface area (Å²) < 4.78 is 22.8. The first-order valence-corrected chi connectivity index (χ1v) is 36.4. The molecule has 0 aliphatic carbocycles. The van der Waals surface area contributed by atoms with Gasteiger partial charge >= 0.3 is 11.9 Å². The molecule has 87 heavy (non-hydrogen) atoms. The van der Waals surface area contributed by atoms with Gasteiger partial charge in [-0.15, -0.1) is 0 Å². The van der Waals surface area contributed by atoms with E-state index in [0.29, 0.717) is 23.9 Å². The number of carbonyl (C=O) groups excluding carboxylic acids is 3. The maximum Gasteiger partial charge on any atom is 0.306 e. The lowest BCUT2D eigenvalue weighted by atomic mass is 10.0. The van der Waals surface area contributed by atoms with E-state index in [1.807, 2.05) is 21.1 Å². The van der Waals surface area contributed by atoms with Crippen molar-refractivity contribution in [2.45, 2.75) is 334 Å². The molecule has 0 spiro atoms. The van der Waals surface area contributed by atoms with Crippen molar-refractivity contribution in [2.75, 3.05) is 47.5 Å². The lowest BCUT2D eigenvalue weighted by Crippen LogP contribution is -2.44. The Morgan fingerprint density at radius 3 is 0.977 bits per heavy atom. The van der Waals surface area contributed by atoms with Crippen LogP contribution in [0.25, 0.3) is 0 Å². The van der Waals surface area contributed by atoms with E-state index in [0.717, 1.165) is 89.9 Å². The molecule has 2 unspecified atom stereocenters. The maximum atomic E-state index is 12.9. The zero-order valence-corrected chi connectivity index (χ0v) is 57.4. The monoisotopic (exact) mass is 1220 g/mol. The summed E-state index contributed by atoms with van der Waals surface area (Å²) in [7, 11) is 5.93. The van der Waals surface area contributed by atoms with Crippen molar-refractivity contribution in [2.24, 2.45) is 0 Å². The predicted octanol–water partition coefficient (Wildman–Crippen LogP) is 21.5. The third-order valence-corrected chi connectivity index (χ3v) is 15.8. The minimum Gasteiger partial charge on any atom is -0.545 e. The molecule has 0 aromatic heterocycles. The van der Waals surface area contributed by atoms with Gasteiger partial charge in [-0.3, -0.25) is 9.59 Å². The largest absolute Gasteiger partial charge is 0.545 e. The van der Waals surface area contributed by atoms with Crippen LogP contribution in [-0.4, -0.2) is 82.3 Å². The Morgan fingerprint density at radius 2 is 0.655 bits per heavy atom. The van der Waals surface area contributed by atoms with Gasteiger partial charge in [-0.25, -0.2) is 0 Å². The van der Waals surface area contributed by atoms with Crippen molar-refractivity contribution in [1.29, 1.82) is 0 Å². The molecule has 0 aromatic carbocycles. The molecule has 0 saturated carbocycles. The van der Waals surface area contributed by atoms with Gasteiger partial charge in [0.1, 0.15) is 13.2 Å². The van der Waals surface area contributed by atoms with Crippen LogP contribution in [0.5, 0.6) is 0 Å². The summed E-state index contributed by atoms with van der Waals surface area (Å²) in [6, 6.07) is 0. The van der Waals surface area contributed by atoms with E-state index < -0.39 is 24.3 Å². The van der Waals surface area contributed by atoms with E-state index >= 15 is 0 Å². The standard InChI is InChI=1S/C78H137NO8/c1-6-8-10-12-14-16-18-20-22-24-26-28-30-32-34-36-37-38-39-41-42-44-46-48-50-52-54-56-58-60-62-64-66-68-75(80)85-72-74(73-86-78(77(82)83)84-71-70-79(3,4)5)87-76(81)69-67-65-63-61-59-57-55-53-51-49-47-45-43-40-35-33-31-29-27-25-23-21-19-17-15-13-11-9-7-2/h9,11,15,17-18,20-21,23-24,26-27,29,33,35,43,45,74,78H,6-8,10,12-14,16,19,22,25,28,30-32,34,36-42,44,46-73H2,1-5H3/b11-9-,17-15-,20-18-,23-21-,26-24-,29-27-,35-33-,45-43-. The second-order valence-electron chi connectivity index (χ2n) is 25.5. The number of rotatable bonds is 67. The number of quaternary nitrogens is 1. The first kappa shape index (κ1) is 83.2. The first-order chi connectivity index (χ1) is 42.6. The van der Waals surface area contributed by atoms with E-state index in [9.17, 15) is 19.5 Å². The molecule has 9 nitrogen and oxygen atoms in total. The van der Waals surface area contributed by atoms with E-state index in [4.69, 9.17) is 18.9 Å². The van der Waals surface area contributed by atoms with E-state index in [2.05, 4.69) is 111 Å². The fourth-order valence-electron chi connectivity index (χ4n) is 10.3. The average molecular weight is 1220 g/mol. The number of carboxylic acid groups (broad SMARTS) is 1. The van der Waals surface area contributed by atoms with Crippen LogP contribution in [0.2, 0.25) is 0 Å². The summed E-state index contributed by atoms with van der Waals surface area (Å²) in [6.07, 6.45) is 90.7. The normalized spacial score (nSPS) is 13.3. The van der Waals surface area contributed by atoms with E-state index in [1.165, 1.54) is 199 Å². The van der Waals surface area contributed by atoms with Gasteiger partial charge in [0, 0.05) is 12.8 Å². The highest BCUT2D eigenvalue weighted by atomic mass is 16.7. The smallest absolute Gasteiger partial charge is 0.306 e. The van der Waals surface area contributed by atoms with Crippen molar-refractivity contribution >= 4 is 17.9 Å². The molecule has 0 aliphatic heterocycles. The van der Waals surface area contributed by atoms with Crippen molar-refractivity contribution < 1.29 is 42.9 Å². The number of carboxylic acids is 1. The number of carbonyl (C=O) groups is 3. The van der Waals surface area contributed by atoms with Crippen LogP contribution in [0.1, 0.15) is 322 Å². The Balaban J connectivity index is 4.09. The number of aliphatic carboxylic acids is 1. The second-order valence-corrected chi connectivity index (χ2v) is 25.5. The number of ether oxygens (including phenoxy) is 4. The van der Waals surface area contributed by atoms with Crippen LogP contribution in [0.4, 0.5) is 0 Å². The van der Waals surface area contributed by atoms with Gasteiger partial charge in [0.25, 0.3) is 0 Å². The minimum absolute atomic E-state index is 0.144. The number of nitrogens with zero attached hydrogens (tertiary/aromatic N) is 1. The molecule has 0 bridgehead atoms. The molecule has 9 heteroatoms. The number of unbranched alkanes of at least 4 members (excludes halogenated alkanes) is 36. The average Bonchev–Trinajstić information content (AvgIpc) is 3.57. The van der Waals surface area contributed by atoms with Gasteiger partial charge in [-0.1, -0.05) is 310 Å². The van der Waals surface area contributed by atoms with Crippen molar-refractivity contribution in [3.8, 4) is 0 Å². The molecule has 0 aliphatic rings. The molecule has 2 atom stereocenters. The fourth-order valence-corrected chi connectivity index (χ4v) is 10.3. The summed E-state index contributed by atoms with van der Waals surface area (Å²) in [5, 5.41) is 11.8. The highest BCUT2D eigenvalue weighted by Gasteiger charge is 2.22. The minimum atomic E-state index is -1.63. The number of allylic oxidation sites excluding steroid dienone is 16. The second kappa shape index (κ2) is 68.1. The summed E-state index contributed by atoms with van der Waals surface area (Å²) in [5.74, 6) is -2.28. The van der Waals surface area contributed by atoms with Gasteiger partial charge in [-0.2, -0.15) is 0 Å². The fraction of sp³-hybridized carbons (Fsp3) is 0.756. The zero-order chi connectivity index (χ0) is 63.3. The Morgan fingerprint density at radius 1 is 0.356 bits per heavy atom. The highest BCUT2D eigenvalue weighted by molar-refractivity contribution is 5.70. The van der Waals surface area contributed by atoms with Crippen molar-refractivity contribution in [1.82, 2.24) is 0 Å². The van der Waals surface area contributed by atoms with Gasteiger partial charge in [-0.05, 0) is 96.3 Å². The van der Waals surface area contributed by atoms with Crippen LogP contribution in [0, 0.1) is 0 Å². The Kier molecular flexibility index (Phi) is 65.2. The quantitative estimate of drug-likeness (QED) is 0.0195. The SMILES string of the molecule is CC/C=C\C/C=C\C/C=C\C/C=C\C/C=C\C/C=C\CCCCCCCCCCCCC(=O)OC(COC(=O)CCCCCCCCCCCCCCCCCCCCCCC/C=C\C/C=C\CCCCCCC)COC(OCC[N+](C)(C)C)C(=O)[O-]. The van der Waals surface area contributed by atoms with E-state index in [1.54, 1.807) is 0 Å². The van der Waals surface area contributed by atoms with Crippen LogP contribution in [0.3, 0.4) is 0 Å². The molecule has 0 saturated heterocycles. The molecule has 0 heterocycles. The Labute approximate surface area is 537 Å².